The first-order chi connectivity index (χ1) is 12.1. The zero-order valence-corrected chi connectivity index (χ0v) is 13.9. The lowest BCUT2D eigenvalue weighted by atomic mass is 9.95. The summed E-state index contributed by atoms with van der Waals surface area (Å²) >= 11 is 0. The summed E-state index contributed by atoms with van der Waals surface area (Å²) < 4.78 is 6.97. The highest BCUT2D eigenvalue weighted by Crippen LogP contribution is 2.39. The molecule has 1 aliphatic rings. The number of aromatic nitrogens is 2. The maximum Gasteiger partial charge on any atom is 0.337 e. The van der Waals surface area contributed by atoms with Crippen molar-refractivity contribution >= 4 is 23.0 Å². The van der Waals surface area contributed by atoms with Crippen LogP contribution in [0, 0.1) is 0 Å². The third kappa shape index (κ3) is 2.34. The van der Waals surface area contributed by atoms with Crippen LogP contribution in [0.3, 0.4) is 0 Å². The van der Waals surface area contributed by atoms with Crippen LogP contribution in [0.2, 0.25) is 0 Å². The fourth-order valence-corrected chi connectivity index (χ4v) is 3.35. The molecule has 0 fully saturated rings. The average Bonchev–Trinajstić information content (AvgIpc) is 2.97. The Balaban J connectivity index is 2.03. The van der Waals surface area contributed by atoms with Gasteiger partial charge in [0.15, 0.2) is 0 Å². The number of hydrogen-bond acceptors (Lipinski definition) is 5. The van der Waals surface area contributed by atoms with Crippen molar-refractivity contribution in [1.82, 2.24) is 9.55 Å². The lowest BCUT2D eigenvalue weighted by Gasteiger charge is -2.30. The van der Waals surface area contributed by atoms with Crippen LogP contribution >= 0.6 is 0 Å². The summed E-state index contributed by atoms with van der Waals surface area (Å²) in [6.45, 7) is 1.82. The van der Waals surface area contributed by atoms with Gasteiger partial charge in [0.25, 0.3) is 0 Å². The van der Waals surface area contributed by atoms with Crippen molar-refractivity contribution in [3.63, 3.8) is 0 Å². The number of nitrogens with zero attached hydrogens (tertiary/aromatic N) is 2. The van der Waals surface area contributed by atoms with Gasteiger partial charge in [-0.2, -0.15) is 0 Å². The van der Waals surface area contributed by atoms with E-state index in [4.69, 9.17) is 4.74 Å². The highest BCUT2D eigenvalue weighted by molar-refractivity contribution is 5.94. The van der Waals surface area contributed by atoms with E-state index in [1.165, 1.54) is 7.11 Å². The number of carbonyl (C=O) groups excluding carboxylic acids is 1. The number of ether oxygens (including phenoxy) is 1. The largest absolute Gasteiger partial charge is 0.508 e. The van der Waals surface area contributed by atoms with Crippen LogP contribution in [0.25, 0.3) is 11.0 Å². The molecule has 1 aromatic heterocycles. The summed E-state index contributed by atoms with van der Waals surface area (Å²) in [4.78, 5) is 17.1. The molecule has 0 unspecified atom stereocenters. The van der Waals surface area contributed by atoms with Crippen molar-refractivity contribution in [3.05, 3.63) is 65.4 Å². The summed E-state index contributed by atoms with van der Waals surface area (Å²) in [5.74, 6) is 0.380. The van der Waals surface area contributed by atoms with Gasteiger partial charge in [-0.25, -0.2) is 9.78 Å². The number of para-hydroxylation sites is 2. The third-order valence-corrected chi connectivity index (χ3v) is 4.42. The molecule has 6 nitrogen and oxygen atoms in total. The van der Waals surface area contributed by atoms with Crippen LogP contribution in [0.5, 0.6) is 5.75 Å². The van der Waals surface area contributed by atoms with Gasteiger partial charge in [-0.05, 0) is 36.8 Å². The number of hydrogen-bond donors (Lipinski definition) is 2. The fourth-order valence-electron chi connectivity index (χ4n) is 3.35. The SMILES string of the molecule is COC(=O)C1=C(C)Nc2nc3ccccc3n2[C@H]1c1cccc(O)c1. The lowest BCUT2D eigenvalue weighted by Crippen LogP contribution is -2.28. The summed E-state index contributed by atoms with van der Waals surface area (Å²) in [5.41, 5.74) is 3.68. The Kier molecular flexibility index (Phi) is 3.46. The van der Waals surface area contributed by atoms with E-state index < -0.39 is 12.0 Å². The molecule has 2 aromatic carbocycles. The van der Waals surface area contributed by atoms with Crippen molar-refractivity contribution in [2.75, 3.05) is 12.4 Å². The normalized spacial score (nSPS) is 16.5. The molecule has 0 saturated carbocycles. The molecular formula is C19H17N3O3. The van der Waals surface area contributed by atoms with Crippen molar-refractivity contribution in [2.45, 2.75) is 13.0 Å². The van der Waals surface area contributed by atoms with Crippen molar-refractivity contribution in [2.24, 2.45) is 0 Å². The van der Waals surface area contributed by atoms with Gasteiger partial charge in [-0.15, -0.1) is 0 Å². The quantitative estimate of drug-likeness (QED) is 0.703. The second kappa shape index (κ2) is 5.66. The molecule has 0 bridgehead atoms. The Bertz CT molecular complexity index is 1020. The fraction of sp³-hybridized carbons (Fsp3) is 0.158. The molecule has 25 heavy (non-hydrogen) atoms. The van der Waals surface area contributed by atoms with E-state index in [9.17, 15) is 9.90 Å². The van der Waals surface area contributed by atoms with Crippen LogP contribution in [0.15, 0.2) is 59.8 Å². The maximum atomic E-state index is 12.5. The number of rotatable bonds is 2. The molecule has 1 aliphatic heterocycles. The average molecular weight is 335 g/mol. The summed E-state index contributed by atoms with van der Waals surface area (Å²) in [7, 11) is 1.36. The highest BCUT2D eigenvalue weighted by Gasteiger charge is 2.34. The summed E-state index contributed by atoms with van der Waals surface area (Å²) in [5, 5.41) is 13.1. The van der Waals surface area contributed by atoms with Crippen molar-refractivity contribution in [3.8, 4) is 5.75 Å². The third-order valence-electron chi connectivity index (χ3n) is 4.42. The van der Waals surface area contributed by atoms with E-state index in [1.807, 2.05) is 41.8 Å². The zero-order chi connectivity index (χ0) is 17.6. The van der Waals surface area contributed by atoms with Gasteiger partial charge in [0.2, 0.25) is 5.95 Å². The van der Waals surface area contributed by atoms with Crippen molar-refractivity contribution in [1.29, 1.82) is 0 Å². The Morgan fingerprint density at radius 3 is 2.80 bits per heavy atom. The molecule has 4 rings (SSSR count). The van der Waals surface area contributed by atoms with Gasteiger partial charge < -0.3 is 15.2 Å². The number of esters is 1. The molecule has 1 atom stereocenters. The number of methoxy groups -OCH3 is 1. The van der Waals surface area contributed by atoms with Gasteiger partial charge in [-0.1, -0.05) is 24.3 Å². The molecular weight excluding hydrogens is 318 g/mol. The van der Waals surface area contributed by atoms with E-state index >= 15 is 0 Å². The number of phenols is 1. The highest BCUT2D eigenvalue weighted by atomic mass is 16.5. The molecule has 3 aromatic rings. The number of nitrogens with one attached hydrogen (secondary N) is 1. The number of fused-ring (bicyclic) bond motifs is 3. The van der Waals surface area contributed by atoms with E-state index in [2.05, 4.69) is 10.3 Å². The minimum absolute atomic E-state index is 0.142. The second-order valence-corrected chi connectivity index (χ2v) is 5.95. The molecule has 126 valence electrons. The Morgan fingerprint density at radius 2 is 2.04 bits per heavy atom. The molecule has 2 heterocycles. The predicted octanol–water partition coefficient (Wildman–Crippen LogP) is 3.20. The van der Waals surface area contributed by atoms with E-state index in [0.717, 1.165) is 16.6 Å². The smallest absolute Gasteiger partial charge is 0.337 e. The number of imidazole rings is 1. The molecule has 0 spiro atoms. The Hall–Kier alpha value is -3.28. The minimum Gasteiger partial charge on any atom is -0.508 e. The van der Waals surface area contributed by atoms with E-state index in [0.29, 0.717) is 17.2 Å². The van der Waals surface area contributed by atoms with Crippen molar-refractivity contribution < 1.29 is 14.6 Å². The van der Waals surface area contributed by atoms with E-state index in [-0.39, 0.29) is 5.75 Å². The molecule has 2 N–H and O–H groups in total. The lowest BCUT2D eigenvalue weighted by molar-refractivity contribution is -0.136. The summed E-state index contributed by atoms with van der Waals surface area (Å²) in [6, 6.07) is 14.2. The minimum atomic E-state index is -0.441. The molecule has 0 radical (unpaired) electrons. The standard InChI is InChI=1S/C19H17N3O3/c1-11-16(18(24)25-2)17(12-6-5-7-13(23)10-12)22-15-9-4-3-8-14(15)21-19(22)20-11/h3-10,17,23H,1-2H3,(H,20,21)/t17-/m0/s1. The summed E-state index contributed by atoms with van der Waals surface area (Å²) in [6.07, 6.45) is 0. The van der Waals surface area contributed by atoms with Gasteiger partial charge in [0, 0.05) is 5.70 Å². The van der Waals surface area contributed by atoms with Crippen LogP contribution in [-0.2, 0) is 9.53 Å². The number of carbonyl (C=O) groups is 1. The van der Waals surface area contributed by atoms with Crippen LogP contribution < -0.4 is 5.32 Å². The van der Waals surface area contributed by atoms with Crippen LogP contribution in [-0.4, -0.2) is 27.7 Å². The van der Waals surface area contributed by atoms with Crippen LogP contribution in [0.1, 0.15) is 18.5 Å². The molecule has 0 amide bonds. The van der Waals surface area contributed by atoms with E-state index in [1.54, 1.807) is 18.2 Å². The predicted molar refractivity (Wildman–Crippen MR) is 94.3 cm³/mol. The van der Waals surface area contributed by atoms with Crippen LogP contribution in [0.4, 0.5) is 5.95 Å². The number of allylic oxidation sites excluding steroid dienone is 1. The number of benzene rings is 2. The van der Waals surface area contributed by atoms with Gasteiger partial charge >= 0.3 is 5.97 Å². The molecule has 0 aliphatic carbocycles. The Morgan fingerprint density at radius 1 is 1.24 bits per heavy atom. The number of phenolic OH excluding ortho intramolecular Hbond substituents is 1. The number of aromatic hydroxyl groups is 1. The first kappa shape index (κ1) is 15.3. The maximum absolute atomic E-state index is 12.5. The zero-order valence-electron chi connectivity index (χ0n) is 13.9. The van der Waals surface area contributed by atoms with Gasteiger partial charge in [0.1, 0.15) is 5.75 Å². The monoisotopic (exact) mass is 335 g/mol. The topological polar surface area (TPSA) is 76.4 Å². The molecule has 6 heteroatoms. The number of anilines is 1. The molecule has 0 saturated heterocycles. The van der Waals surface area contributed by atoms with Gasteiger partial charge in [0.05, 0.1) is 29.8 Å². The Labute approximate surface area is 144 Å². The van der Waals surface area contributed by atoms with Gasteiger partial charge in [-0.3, -0.25) is 4.57 Å². The first-order valence-electron chi connectivity index (χ1n) is 7.92. The second-order valence-electron chi connectivity index (χ2n) is 5.95. The first-order valence-corrected chi connectivity index (χ1v) is 7.92.